The molecule has 0 bridgehead atoms. The Morgan fingerprint density at radius 2 is 2.17 bits per heavy atom. The Labute approximate surface area is 96.2 Å². The van der Waals surface area contributed by atoms with Crippen LogP contribution in [0.3, 0.4) is 0 Å². The predicted molar refractivity (Wildman–Crippen MR) is 58.8 cm³/mol. The summed E-state index contributed by atoms with van der Waals surface area (Å²) in [6.07, 6.45) is 0. The first-order chi connectivity index (χ1) is 5.52. The summed E-state index contributed by atoms with van der Waals surface area (Å²) in [4.78, 5) is 10.5. The van der Waals surface area contributed by atoms with Gasteiger partial charge in [0.25, 0.3) is 0 Å². The first-order valence-electron chi connectivity index (χ1n) is 2.90. The van der Waals surface area contributed by atoms with Gasteiger partial charge in [0.05, 0.1) is 10.6 Å². The summed E-state index contributed by atoms with van der Waals surface area (Å²) < 4.78 is 1.33. The second kappa shape index (κ2) is 3.93. The van der Waals surface area contributed by atoms with Crippen molar-refractivity contribution in [1.82, 2.24) is 0 Å². The molecule has 0 saturated heterocycles. The average Bonchev–Trinajstić information content (AvgIpc) is 1.99. The maximum absolute atomic E-state index is 10.5. The molecule has 1 aromatic carbocycles. The summed E-state index contributed by atoms with van der Waals surface area (Å²) in [5.41, 5.74) is 0.232. The molecule has 64 valence electrons. The first-order valence-corrected chi connectivity index (χ1v) is 5.15. The lowest BCUT2D eigenvalue weighted by atomic mass is 10.2. The van der Waals surface area contributed by atoms with Crippen molar-refractivity contribution >= 4 is 56.1 Å². The number of hydrogen-bond acceptors (Lipinski definition) is 1. The monoisotopic (exact) mass is 360 g/mol. The minimum atomic E-state index is -0.953. The van der Waals surface area contributed by atoms with E-state index in [0.29, 0.717) is 9.50 Å². The highest BCUT2D eigenvalue weighted by Crippen LogP contribution is 2.28. The number of carboxylic acid groups (broad SMARTS) is 1. The van der Waals surface area contributed by atoms with Gasteiger partial charge in [-0.2, -0.15) is 0 Å². The molecule has 1 aromatic rings. The molecule has 12 heavy (non-hydrogen) atoms. The number of carboxylic acids is 1. The molecule has 0 aliphatic heterocycles. The van der Waals surface area contributed by atoms with Crippen molar-refractivity contribution in [2.24, 2.45) is 0 Å². The Morgan fingerprint density at radius 3 is 2.58 bits per heavy atom. The standard InChI is InChI=1S/C7H3BrClIO2/c8-4-1-3(7(11)12)2-5(10)6(4)9/h1-2H,(H,11,12). The van der Waals surface area contributed by atoms with Gasteiger partial charge in [0.1, 0.15) is 0 Å². The van der Waals surface area contributed by atoms with Crippen LogP contribution in [0.4, 0.5) is 0 Å². The fraction of sp³-hybridized carbons (Fsp3) is 0. The number of benzene rings is 1. The van der Waals surface area contributed by atoms with Crippen LogP contribution in [-0.2, 0) is 0 Å². The lowest BCUT2D eigenvalue weighted by Crippen LogP contribution is -1.96. The minimum absolute atomic E-state index is 0.232. The molecule has 0 aromatic heterocycles. The quantitative estimate of drug-likeness (QED) is 0.615. The van der Waals surface area contributed by atoms with Gasteiger partial charge in [-0.15, -0.1) is 0 Å². The molecule has 1 rings (SSSR count). The van der Waals surface area contributed by atoms with Gasteiger partial charge < -0.3 is 5.11 Å². The third-order valence-electron chi connectivity index (χ3n) is 1.23. The third kappa shape index (κ3) is 2.11. The molecule has 2 nitrogen and oxygen atoms in total. The van der Waals surface area contributed by atoms with Crippen molar-refractivity contribution in [3.05, 3.63) is 30.8 Å². The Bertz CT molecular complexity index is 317. The van der Waals surface area contributed by atoms with Crippen molar-refractivity contribution in [3.8, 4) is 0 Å². The average molecular weight is 361 g/mol. The van der Waals surface area contributed by atoms with E-state index in [1.54, 1.807) is 0 Å². The van der Waals surface area contributed by atoms with Crippen molar-refractivity contribution in [2.75, 3.05) is 0 Å². The van der Waals surface area contributed by atoms with Crippen molar-refractivity contribution in [1.29, 1.82) is 0 Å². The van der Waals surface area contributed by atoms with Crippen LogP contribution in [0.2, 0.25) is 5.02 Å². The van der Waals surface area contributed by atoms with E-state index < -0.39 is 5.97 Å². The molecule has 0 radical (unpaired) electrons. The maximum Gasteiger partial charge on any atom is 0.335 e. The summed E-state index contributed by atoms with van der Waals surface area (Å²) in [7, 11) is 0. The molecule has 0 heterocycles. The van der Waals surface area contributed by atoms with Gasteiger partial charge in [-0.3, -0.25) is 0 Å². The van der Waals surface area contributed by atoms with E-state index in [0.717, 1.165) is 3.57 Å². The van der Waals surface area contributed by atoms with Gasteiger partial charge in [-0.25, -0.2) is 4.79 Å². The van der Waals surface area contributed by atoms with Gasteiger partial charge in [0, 0.05) is 8.04 Å². The normalized spacial score (nSPS) is 9.92. The van der Waals surface area contributed by atoms with E-state index in [1.165, 1.54) is 12.1 Å². The topological polar surface area (TPSA) is 37.3 Å². The summed E-state index contributed by atoms with van der Waals surface area (Å²) in [6, 6.07) is 3.00. The number of hydrogen-bond donors (Lipinski definition) is 1. The van der Waals surface area contributed by atoms with Gasteiger partial charge in [0.15, 0.2) is 0 Å². The van der Waals surface area contributed by atoms with Crippen LogP contribution >= 0.6 is 50.1 Å². The highest BCUT2D eigenvalue weighted by Gasteiger charge is 2.09. The molecule has 1 N–H and O–H groups in total. The van der Waals surface area contributed by atoms with E-state index in [1.807, 2.05) is 22.6 Å². The first kappa shape index (κ1) is 10.3. The van der Waals surface area contributed by atoms with E-state index in [-0.39, 0.29) is 5.56 Å². The van der Waals surface area contributed by atoms with Gasteiger partial charge in [0.2, 0.25) is 0 Å². The Morgan fingerprint density at radius 1 is 1.58 bits per heavy atom. The SMILES string of the molecule is O=C(O)c1cc(Br)c(Cl)c(I)c1. The number of rotatable bonds is 1. The molecule has 0 spiro atoms. The van der Waals surface area contributed by atoms with E-state index in [2.05, 4.69) is 15.9 Å². The number of halogens is 3. The summed E-state index contributed by atoms with van der Waals surface area (Å²) in [5, 5.41) is 9.20. The van der Waals surface area contributed by atoms with E-state index in [4.69, 9.17) is 16.7 Å². The third-order valence-corrected chi connectivity index (χ3v) is 3.66. The van der Waals surface area contributed by atoms with Crippen molar-refractivity contribution in [2.45, 2.75) is 0 Å². The molecular formula is C7H3BrClIO2. The van der Waals surface area contributed by atoms with Crippen LogP contribution in [0.25, 0.3) is 0 Å². The Kier molecular flexibility index (Phi) is 3.37. The van der Waals surface area contributed by atoms with E-state index >= 15 is 0 Å². The number of carbonyl (C=O) groups is 1. The minimum Gasteiger partial charge on any atom is -0.478 e. The molecule has 0 saturated carbocycles. The fourth-order valence-electron chi connectivity index (χ4n) is 0.679. The molecule has 5 heteroatoms. The van der Waals surface area contributed by atoms with Crippen LogP contribution in [0.5, 0.6) is 0 Å². The van der Waals surface area contributed by atoms with Gasteiger partial charge >= 0.3 is 5.97 Å². The predicted octanol–water partition coefficient (Wildman–Crippen LogP) is 3.41. The van der Waals surface area contributed by atoms with Crippen LogP contribution in [0, 0.1) is 3.57 Å². The molecule has 0 aliphatic carbocycles. The Hall–Kier alpha value is 0.190. The molecule has 0 amide bonds. The second-order valence-corrected chi connectivity index (χ2v) is 4.45. The lowest BCUT2D eigenvalue weighted by molar-refractivity contribution is 0.0696. The van der Waals surface area contributed by atoms with Crippen LogP contribution in [0.1, 0.15) is 10.4 Å². The molecule has 0 atom stereocenters. The van der Waals surface area contributed by atoms with Crippen LogP contribution in [-0.4, -0.2) is 11.1 Å². The summed E-state index contributed by atoms with van der Waals surface area (Å²) >= 11 is 11.0. The van der Waals surface area contributed by atoms with Crippen LogP contribution < -0.4 is 0 Å². The maximum atomic E-state index is 10.5. The molecule has 0 unspecified atom stereocenters. The molecule has 0 fully saturated rings. The van der Waals surface area contributed by atoms with Gasteiger partial charge in [-0.05, 0) is 50.7 Å². The largest absolute Gasteiger partial charge is 0.478 e. The Balaban J connectivity index is 3.31. The highest BCUT2D eigenvalue weighted by atomic mass is 127. The summed E-state index contributed by atoms with van der Waals surface area (Å²) in [6.45, 7) is 0. The van der Waals surface area contributed by atoms with Gasteiger partial charge in [-0.1, -0.05) is 11.6 Å². The zero-order chi connectivity index (χ0) is 9.30. The highest BCUT2D eigenvalue weighted by molar-refractivity contribution is 14.1. The summed E-state index contributed by atoms with van der Waals surface area (Å²) in [5.74, 6) is -0.953. The van der Waals surface area contributed by atoms with Crippen molar-refractivity contribution in [3.63, 3.8) is 0 Å². The fourth-order valence-corrected chi connectivity index (χ4v) is 2.24. The van der Waals surface area contributed by atoms with Crippen LogP contribution in [0.15, 0.2) is 16.6 Å². The van der Waals surface area contributed by atoms with Crippen molar-refractivity contribution < 1.29 is 9.90 Å². The van der Waals surface area contributed by atoms with E-state index in [9.17, 15) is 4.79 Å². The number of aromatic carboxylic acids is 1. The molecule has 0 aliphatic rings. The smallest absolute Gasteiger partial charge is 0.335 e. The lowest BCUT2D eigenvalue weighted by Gasteiger charge is -2.00. The molecular weight excluding hydrogens is 358 g/mol. The zero-order valence-electron chi connectivity index (χ0n) is 5.64. The second-order valence-electron chi connectivity index (χ2n) is 2.06. The zero-order valence-corrected chi connectivity index (χ0v) is 10.1.